The molecular weight excluding hydrogens is 230 g/mol. The van der Waals surface area contributed by atoms with Gasteiger partial charge in [0.1, 0.15) is 5.69 Å². The van der Waals surface area contributed by atoms with Crippen LogP contribution in [0.1, 0.15) is 36.3 Å². The maximum Gasteiger partial charge on any atom is 0.270 e. The third kappa shape index (κ3) is 2.52. The van der Waals surface area contributed by atoms with Crippen LogP contribution in [-0.2, 0) is 11.3 Å². The lowest BCUT2D eigenvalue weighted by atomic mass is 9.94. The van der Waals surface area contributed by atoms with Crippen LogP contribution in [0.5, 0.6) is 0 Å². The van der Waals surface area contributed by atoms with Crippen molar-refractivity contribution >= 4 is 5.91 Å². The van der Waals surface area contributed by atoms with Crippen molar-refractivity contribution in [3.05, 3.63) is 29.6 Å². The zero-order valence-corrected chi connectivity index (χ0v) is 10.8. The Labute approximate surface area is 107 Å². The van der Waals surface area contributed by atoms with Crippen molar-refractivity contribution in [1.82, 2.24) is 10.3 Å². The molecule has 5 nitrogen and oxygen atoms in total. The number of amides is 1. The molecule has 18 heavy (non-hydrogen) atoms. The van der Waals surface area contributed by atoms with Gasteiger partial charge < -0.3 is 15.8 Å². The summed E-state index contributed by atoms with van der Waals surface area (Å²) in [5, 5.41) is 3.00. The van der Waals surface area contributed by atoms with Crippen LogP contribution >= 0.6 is 0 Å². The van der Waals surface area contributed by atoms with E-state index in [9.17, 15) is 4.79 Å². The summed E-state index contributed by atoms with van der Waals surface area (Å²) in [5.41, 5.74) is 6.50. The normalized spacial score (nSPS) is 27.2. The van der Waals surface area contributed by atoms with Gasteiger partial charge in [0.05, 0.1) is 11.6 Å². The minimum absolute atomic E-state index is 0.0183. The zero-order chi connectivity index (χ0) is 13.2. The number of pyridine rings is 1. The average Bonchev–Trinajstić information content (AvgIpc) is 2.69. The monoisotopic (exact) mass is 249 g/mol. The van der Waals surface area contributed by atoms with Gasteiger partial charge in [0.2, 0.25) is 0 Å². The minimum atomic E-state index is -0.314. The molecule has 1 aromatic rings. The summed E-state index contributed by atoms with van der Waals surface area (Å²) in [6, 6.07) is 3.51. The SMILES string of the molecule is CC1OCCC1(C)NC(=O)c1ccc(CN)cn1. The fourth-order valence-electron chi connectivity index (χ4n) is 2.00. The summed E-state index contributed by atoms with van der Waals surface area (Å²) in [6.07, 6.45) is 2.47. The van der Waals surface area contributed by atoms with Crippen LogP contribution in [0.4, 0.5) is 0 Å². The lowest BCUT2D eigenvalue weighted by molar-refractivity contribution is 0.0724. The highest BCUT2D eigenvalue weighted by Gasteiger charge is 2.38. The van der Waals surface area contributed by atoms with E-state index < -0.39 is 0 Å². The number of aromatic nitrogens is 1. The second-order valence-corrected chi connectivity index (χ2v) is 4.89. The Bertz CT molecular complexity index is 432. The van der Waals surface area contributed by atoms with Crippen molar-refractivity contribution in [3.63, 3.8) is 0 Å². The van der Waals surface area contributed by atoms with Gasteiger partial charge in [0.15, 0.2) is 0 Å². The Morgan fingerprint density at radius 1 is 1.67 bits per heavy atom. The van der Waals surface area contributed by atoms with Crippen LogP contribution in [0, 0.1) is 0 Å². The average molecular weight is 249 g/mol. The van der Waals surface area contributed by atoms with E-state index >= 15 is 0 Å². The first-order chi connectivity index (χ1) is 8.55. The van der Waals surface area contributed by atoms with E-state index in [1.54, 1.807) is 12.3 Å². The Hall–Kier alpha value is -1.46. The van der Waals surface area contributed by atoms with Crippen LogP contribution < -0.4 is 11.1 Å². The Morgan fingerprint density at radius 3 is 2.94 bits per heavy atom. The van der Waals surface area contributed by atoms with Gasteiger partial charge in [-0.25, -0.2) is 0 Å². The number of carbonyl (C=O) groups is 1. The molecule has 0 aliphatic carbocycles. The second-order valence-electron chi connectivity index (χ2n) is 4.89. The van der Waals surface area contributed by atoms with Gasteiger partial charge in [-0.3, -0.25) is 9.78 Å². The highest BCUT2D eigenvalue weighted by Crippen LogP contribution is 2.25. The first kappa shape index (κ1) is 13.0. The number of carbonyl (C=O) groups excluding carboxylic acids is 1. The molecule has 5 heteroatoms. The third-order valence-electron chi connectivity index (χ3n) is 3.58. The molecule has 0 aromatic carbocycles. The first-order valence-corrected chi connectivity index (χ1v) is 6.14. The van der Waals surface area contributed by atoms with E-state index in [2.05, 4.69) is 10.3 Å². The number of ether oxygens (including phenoxy) is 1. The van der Waals surface area contributed by atoms with Crippen LogP contribution in [0.3, 0.4) is 0 Å². The molecule has 2 unspecified atom stereocenters. The van der Waals surface area contributed by atoms with Gasteiger partial charge in [-0.1, -0.05) is 6.07 Å². The number of nitrogens with one attached hydrogen (secondary N) is 1. The first-order valence-electron chi connectivity index (χ1n) is 6.14. The summed E-state index contributed by atoms with van der Waals surface area (Å²) in [7, 11) is 0. The van der Waals surface area contributed by atoms with Crippen LogP contribution in [0.25, 0.3) is 0 Å². The van der Waals surface area contributed by atoms with Crippen molar-refractivity contribution in [3.8, 4) is 0 Å². The molecule has 0 radical (unpaired) electrons. The largest absolute Gasteiger partial charge is 0.376 e. The van der Waals surface area contributed by atoms with E-state index in [0.29, 0.717) is 18.8 Å². The number of hydrogen-bond donors (Lipinski definition) is 2. The van der Waals surface area contributed by atoms with Crippen LogP contribution in [0.2, 0.25) is 0 Å². The summed E-state index contributed by atoms with van der Waals surface area (Å²) < 4.78 is 5.49. The van der Waals surface area contributed by atoms with Gasteiger partial charge in [-0.05, 0) is 31.9 Å². The molecule has 0 bridgehead atoms. The second kappa shape index (κ2) is 5.04. The topological polar surface area (TPSA) is 77.2 Å². The van der Waals surface area contributed by atoms with Gasteiger partial charge in [0, 0.05) is 19.3 Å². The van der Waals surface area contributed by atoms with Crippen molar-refractivity contribution in [2.24, 2.45) is 5.73 Å². The van der Waals surface area contributed by atoms with Crippen LogP contribution in [0.15, 0.2) is 18.3 Å². The predicted molar refractivity (Wildman–Crippen MR) is 68.0 cm³/mol. The summed E-state index contributed by atoms with van der Waals surface area (Å²) >= 11 is 0. The summed E-state index contributed by atoms with van der Waals surface area (Å²) in [5.74, 6) is -0.168. The molecule has 1 saturated heterocycles. The molecule has 1 aliphatic rings. The molecule has 2 heterocycles. The molecule has 98 valence electrons. The van der Waals surface area contributed by atoms with E-state index in [1.165, 1.54) is 0 Å². The van der Waals surface area contributed by atoms with E-state index in [1.807, 2.05) is 19.9 Å². The smallest absolute Gasteiger partial charge is 0.270 e. The zero-order valence-electron chi connectivity index (χ0n) is 10.8. The lowest BCUT2D eigenvalue weighted by Crippen LogP contribution is -2.50. The fraction of sp³-hybridized carbons (Fsp3) is 0.538. The van der Waals surface area contributed by atoms with E-state index in [-0.39, 0.29) is 17.6 Å². The number of nitrogens with zero attached hydrogens (tertiary/aromatic N) is 1. The quantitative estimate of drug-likeness (QED) is 0.832. The molecule has 1 fully saturated rings. The molecule has 3 N–H and O–H groups in total. The Kier molecular flexibility index (Phi) is 3.63. The molecule has 2 atom stereocenters. The number of hydrogen-bond acceptors (Lipinski definition) is 4. The van der Waals surface area contributed by atoms with Crippen molar-refractivity contribution in [1.29, 1.82) is 0 Å². The summed E-state index contributed by atoms with van der Waals surface area (Å²) in [6.45, 7) is 5.07. The predicted octanol–water partition coefficient (Wildman–Crippen LogP) is 0.838. The highest BCUT2D eigenvalue weighted by molar-refractivity contribution is 5.92. The van der Waals surface area contributed by atoms with Gasteiger partial charge in [-0.15, -0.1) is 0 Å². The number of rotatable bonds is 3. The standard InChI is InChI=1S/C13H19N3O2/c1-9-13(2,5-6-18-9)16-12(17)11-4-3-10(7-14)8-15-11/h3-4,8-9H,5-7,14H2,1-2H3,(H,16,17). The summed E-state index contributed by atoms with van der Waals surface area (Å²) in [4.78, 5) is 16.2. The minimum Gasteiger partial charge on any atom is -0.376 e. The third-order valence-corrected chi connectivity index (χ3v) is 3.58. The maximum absolute atomic E-state index is 12.1. The molecule has 1 amide bonds. The van der Waals surface area contributed by atoms with Crippen molar-refractivity contribution in [2.45, 2.75) is 38.5 Å². The molecular formula is C13H19N3O2. The molecule has 1 aliphatic heterocycles. The van der Waals surface area contributed by atoms with Crippen LogP contribution in [-0.4, -0.2) is 29.1 Å². The Balaban J connectivity index is 2.07. The molecule has 2 rings (SSSR count). The van der Waals surface area contributed by atoms with E-state index in [0.717, 1.165) is 12.0 Å². The van der Waals surface area contributed by atoms with Gasteiger partial charge in [-0.2, -0.15) is 0 Å². The van der Waals surface area contributed by atoms with Crippen molar-refractivity contribution < 1.29 is 9.53 Å². The fourth-order valence-corrected chi connectivity index (χ4v) is 2.00. The molecule has 0 saturated carbocycles. The van der Waals surface area contributed by atoms with Gasteiger partial charge >= 0.3 is 0 Å². The molecule has 0 spiro atoms. The van der Waals surface area contributed by atoms with Crippen molar-refractivity contribution in [2.75, 3.05) is 6.61 Å². The van der Waals surface area contributed by atoms with E-state index in [4.69, 9.17) is 10.5 Å². The van der Waals surface area contributed by atoms with Gasteiger partial charge in [0.25, 0.3) is 5.91 Å². The maximum atomic E-state index is 12.1. The Morgan fingerprint density at radius 2 is 2.44 bits per heavy atom. The highest BCUT2D eigenvalue weighted by atomic mass is 16.5. The number of nitrogens with two attached hydrogens (primary N) is 1. The lowest BCUT2D eigenvalue weighted by Gasteiger charge is -2.28. The molecule has 1 aromatic heterocycles.